The molecule has 0 saturated carbocycles. The summed E-state index contributed by atoms with van der Waals surface area (Å²) >= 11 is 5.87. The molecule has 0 bridgehead atoms. The highest BCUT2D eigenvalue weighted by Gasteiger charge is 2.07. The van der Waals surface area contributed by atoms with E-state index >= 15 is 0 Å². The van der Waals surface area contributed by atoms with Gasteiger partial charge in [-0.3, -0.25) is 4.98 Å². The lowest BCUT2D eigenvalue weighted by atomic mass is 10.3. The van der Waals surface area contributed by atoms with Crippen LogP contribution in [0.1, 0.15) is 0 Å². The Bertz CT molecular complexity index is 730. The zero-order chi connectivity index (χ0) is 13.2. The van der Waals surface area contributed by atoms with Gasteiger partial charge >= 0.3 is 0 Å². The number of nitrogens with zero attached hydrogens (tertiary/aromatic N) is 3. The molecule has 0 spiro atoms. The highest BCUT2D eigenvalue weighted by molar-refractivity contribution is 6.28. The number of rotatable bonds is 2. The van der Waals surface area contributed by atoms with Crippen molar-refractivity contribution in [2.45, 2.75) is 0 Å². The molecule has 0 radical (unpaired) electrons. The molecule has 4 nitrogen and oxygen atoms in total. The SMILES string of the molecule is Fc1ccc(Nc2nc(Cl)nc3cccnc23)cc1. The molecule has 2 aromatic heterocycles. The zero-order valence-corrected chi connectivity index (χ0v) is 10.4. The van der Waals surface area contributed by atoms with Crippen molar-refractivity contribution >= 4 is 34.1 Å². The van der Waals surface area contributed by atoms with Crippen LogP contribution in [0, 0.1) is 5.82 Å². The molecule has 3 rings (SSSR count). The van der Waals surface area contributed by atoms with Gasteiger partial charge in [-0.25, -0.2) is 9.37 Å². The van der Waals surface area contributed by atoms with E-state index in [2.05, 4.69) is 20.3 Å². The first-order valence-electron chi connectivity index (χ1n) is 5.53. The molecule has 0 saturated heterocycles. The van der Waals surface area contributed by atoms with Gasteiger partial charge in [-0.1, -0.05) is 0 Å². The smallest absolute Gasteiger partial charge is 0.225 e. The summed E-state index contributed by atoms with van der Waals surface area (Å²) in [5.74, 6) is 0.191. The zero-order valence-electron chi connectivity index (χ0n) is 9.64. The van der Waals surface area contributed by atoms with Gasteiger partial charge in [0, 0.05) is 11.9 Å². The van der Waals surface area contributed by atoms with Crippen molar-refractivity contribution in [1.29, 1.82) is 0 Å². The molecule has 19 heavy (non-hydrogen) atoms. The fourth-order valence-electron chi connectivity index (χ4n) is 1.70. The predicted molar refractivity (Wildman–Crippen MR) is 72.0 cm³/mol. The van der Waals surface area contributed by atoms with Crippen molar-refractivity contribution in [1.82, 2.24) is 15.0 Å². The summed E-state index contributed by atoms with van der Waals surface area (Å²) in [5, 5.41) is 3.18. The maximum Gasteiger partial charge on any atom is 0.225 e. The highest BCUT2D eigenvalue weighted by atomic mass is 35.5. The minimum Gasteiger partial charge on any atom is -0.338 e. The molecule has 94 valence electrons. The normalized spacial score (nSPS) is 10.6. The Hall–Kier alpha value is -2.27. The van der Waals surface area contributed by atoms with Crippen molar-refractivity contribution in [3.05, 3.63) is 53.7 Å². The van der Waals surface area contributed by atoms with E-state index in [-0.39, 0.29) is 11.1 Å². The van der Waals surface area contributed by atoms with Gasteiger partial charge in [0.1, 0.15) is 11.3 Å². The molecule has 0 aliphatic rings. The molecule has 1 N–H and O–H groups in total. The van der Waals surface area contributed by atoms with Crippen molar-refractivity contribution in [2.75, 3.05) is 5.32 Å². The molecular formula is C13H8ClFN4. The Morgan fingerprint density at radius 2 is 1.84 bits per heavy atom. The van der Waals surface area contributed by atoms with Crippen LogP contribution in [0.25, 0.3) is 11.0 Å². The fraction of sp³-hybridized carbons (Fsp3) is 0. The number of hydrogen-bond acceptors (Lipinski definition) is 4. The van der Waals surface area contributed by atoms with Crippen LogP contribution in [-0.4, -0.2) is 15.0 Å². The van der Waals surface area contributed by atoms with Gasteiger partial charge in [0.05, 0.1) is 5.52 Å². The molecule has 0 atom stereocenters. The predicted octanol–water partition coefficient (Wildman–Crippen LogP) is 3.56. The Labute approximate surface area is 113 Å². The summed E-state index contributed by atoms with van der Waals surface area (Å²) in [5.41, 5.74) is 1.95. The van der Waals surface area contributed by atoms with Gasteiger partial charge in [-0.15, -0.1) is 0 Å². The first kappa shape index (κ1) is 11.8. The number of fused-ring (bicyclic) bond motifs is 1. The first-order valence-corrected chi connectivity index (χ1v) is 5.91. The monoisotopic (exact) mass is 274 g/mol. The van der Waals surface area contributed by atoms with E-state index in [0.717, 1.165) is 0 Å². The van der Waals surface area contributed by atoms with E-state index in [1.165, 1.54) is 12.1 Å². The molecular weight excluding hydrogens is 267 g/mol. The van der Waals surface area contributed by atoms with Crippen LogP contribution in [0.3, 0.4) is 0 Å². The number of benzene rings is 1. The van der Waals surface area contributed by atoms with E-state index in [1.807, 2.05) is 0 Å². The van der Waals surface area contributed by atoms with E-state index < -0.39 is 0 Å². The molecule has 2 heterocycles. The second-order valence-electron chi connectivity index (χ2n) is 3.84. The third-order valence-electron chi connectivity index (χ3n) is 2.53. The van der Waals surface area contributed by atoms with Crippen molar-refractivity contribution in [2.24, 2.45) is 0 Å². The number of hydrogen-bond donors (Lipinski definition) is 1. The lowest BCUT2D eigenvalue weighted by Gasteiger charge is -2.08. The summed E-state index contributed by atoms with van der Waals surface area (Å²) in [6.07, 6.45) is 1.65. The number of anilines is 2. The molecule has 0 aliphatic heterocycles. The van der Waals surface area contributed by atoms with Gasteiger partial charge in [0.15, 0.2) is 5.82 Å². The Kier molecular flexibility index (Phi) is 2.97. The summed E-state index contributed by atoms with van der Waals surface area (Å²) in [6.45, 7) is 0. The van der Waals surface area contributed by atoms with Gasteiger partial charge < -0.3 is 5.32 Å². The van der Waals surface area contributed by atoms with Crippen LogP contribution in [0.5, 0.6) is 0 Å². The largest absolute Gasteiger partial charge is 0.338 e. The standard InChI is InChI=1S/C13H8ClFN4/c14-13-18-10-2-1-7-16-11(10)12(19-13)17-9-5-3-8(15)4-6-9/h1-7H,(H,17,18,19). The van der Waals surface area contributed by atoms with Gasteiger partial charge in [0.25, 0.3) is 0 Å². The maximum absolute atomic E-state index is 12.9. The molecule has 0 aliphatic carbocycles. The summed E-state index contributed by atoms with van der Waals surface area (Å²) in [6, 6.07) is 9.51. The van der Waals surface area contributed by atoms with Crippen LogP contribution in [0.15, 0.2) is 42.6 Å². The van der Waals surface area contributed by atoms with Gasteiger partial charge in [0.2, 0.25) is 5.28 Å². The maximum atomic E-state index is 12.9. The van der Waals surface area contributed by atoms with Crippen molar-refractivity contribution in [3.63, 3.8) is 0 Å². The third-order valence-corrected chi connectivity index (χ3v) is 2.70. The second-order valence-corrected chi connectivity index (χ2v) is 4.18. The first-order chi connectivity index (χ1) is 9.22. The third kappa shape index (κ3) is 2.46. The average Bonchev–Trinajstić information content (AvgIpc) is 2.41. The molecule has 3 aromatic rings. The summed E-state index contributed by atoms with van der Waals surface area (Å²) in [7, 11) is 0. The van der Waals surface area contributed by atoms with Gasteiger partial charge in [-0.2, -0.15) is 4.98 Å². The lowest BCUT2D eigenvalue weighted by molar-refractivity contribution is 0.628. The number of pyridine rings is 1. The molecule has 0 amide bonds. The van der Waals surface area contributed by atoms with E-state index in [9.17, 15) is 4.39 Å². The van der Waals surface area contributed by atoms with Crippen LogP contribution < -0.4 is 5.32 Å². The van der Waals surface area contributed by atoms with Crippen LogP contribution in [0.2, 0.25) is 5.28 Å². The molecule has 1 aromatic carbocycles. The quantitative estimate of drug-likeness (QED) is 0.726. The average molecular weight is 275 g/mol. The number of nitrogens with one attached hydrogen (secondary N) is 1. The minimum atomic E-state index is -0.297. The summed E-state index contributed by atoms with van der Waals surface area (Å²) < 4.78 is 12.9. The van der Waals surface area contributed by atoms with Crippen molar-refractivity contribution in [3.8, 4) is 0 Å². The number of aromatic nitrogens is 3. The van der Waals surface area contributed by atoms with Crippen LogP contribution in [0.4, 0.5) is 15.9 Å². The lowest BCUT2D eigenvalue weighted by Crippen LogP contribution is -1.98. The van der Waals surface area contributed by atoms with E-state index in [1.54, 1.807) is 30.5 Å². The van der Waals surface area contributed by atoms with E-state index in [4.69, 9.17) is 11.6 Å². The minimum absolute atomic E-state index is 0.130. The van der Waals surface area contributed by atoms with E-state index in [0.29, 0.717) is 22.5 Å². The topological polar surface area (TPSA) is 50.7 Å². The van der Waals surface area contributed by atoms with Crippen molar-refractivity contribution < 1.29 is 4.39 Å². The second kappa shape index (κ2) is 4.78. The Balaban J connectivity index is 2.07. The highest BCUT2D eigenvalue weighted by Crippen LogP contribution is 2.23. The molecule has 0 fully saturated rings. The van der Waals surface area contributed by atoms with Gasteiger partial charge in [-0.05, 0) is 48.0 Å². The molecule has 0 unspecified atom stereocenters. The number of halogens is 2. The molecule has 6 heteroatoms. The summed E-state index contributed by atoms with van der Waals surface area (Å²) in [4.78, 5) is 12.4. The fourth-order valence-corrected chi connectivity index (χ4v) is 1.87. The Morgan fingerprint density at radius 3 is 2.63 bits per heavy atom. The van der Waals surface area contributed by atoms with Crippen LogP contribution in [-0.2, 0) is 0 Å². The van der Waals surface area contributed by atoms with Crippen LogP contribution >= 0.6 is 11.6 Å². The Morgan fingerprint density at radius 1 is 1.05 bits per heavy atom.